The van der Waals surface area contributed by atoms with Crippen molar-refractivity contribution in [1.29, 1.82) is 0 Å². The van der Waals surface area contributed by atoms with Crippen LogP contribution in [0.4, 0.5) is 0 Å². The van der Waals surface area contributed by atoms with Crippen LogP contribution in [0.3, 0.4) is 0 Å². The molecule has 1 saturated carbocycles. The molecule has 0 unspecified atom stereocenters. The van der Waals surface area contributed by atoms with E-state index in [0.29, 0.717) is 38.5 Å². The van der Waals surface area contributed by atoms with Crippen molar-refractivity contribution in [3.8, 4) is 0 Å². The smallest absolute Gasteiger partial charge is 0.224 e. The van der Waals surface area contributed by atoms with Gasteiger partial charge in [0.05, 0.1) is 6.42 Å². The molecule has 2 aliphatic rings. The number of nitrogens with zero attached hydrogens (tertiary/aromatic N) is 1. The van der Waals surface area contributed by atoms with Crippen molar-refractivity contribution in [2.24, 2.45) is 5.92 Å². The van der Waals surface area contributed by atoms with Crippen molar-refractivity contribution in [2.75, 3.05) is 19.6 Å². The summed E-state index contributed by atoms with van der Waals surface area (Å²) < 4.78 is 0. The predicted octanol–water partition coefficient (Wildman–Crippen LogP) is 1.25. The van der Waals surface area contributed by atoms with Crippen LogP contribution in [0, 0.1) is 5.92 Å². The molecule has 1 aliphatic heterocycles. The van der Waals surface area contributed by atoms with Gasteiger partial charge in [0.2, 0.25) is 17.7 Å². The number of carbonyl (C=O) groups is 3. The maximum absolute atomic E-state index is 12.3. The Morgan fingerprint density at radius 3 is 2.35 bits per heavy atom. The molecule has 0 atom stereocenters. The minimum absolute atomic E-state index is 0.0326. The summed E-state index contributed by atoms with van der Waals surface area (Å²) in [6.07, 6.45) is 4.28. The Bertz CT molecular complexity index is 635. The Morgan fingerprint density at radius 1 is 1.00 bits per heavy atom. The lowest BCUT2D eigenvalue weighted by molar-refractivity contribution is -0.135. The van der Waals surface area contributed by atoms with Crippen LogP contribution in [0.15, 0.2) is 30.3 Å². The molecular weight excluding hydrogens is 330 g/mol. The van der Waals surface area contributed by atoms with E-state index in [1.54, 1.807) is 0 Å². The normalized spacial score (nSPS) is 17.6. The average Bonchev–Trinajstić information content (AvgIpc) is 3.46. The highest BCUT2D eigenvalue weighted by Crippen LogP contribution is 2.22. The Hall–Kier alpha value is -2.37. The molecule has 3 amide bonds. The van der Waals surface area contributed by atoms with E-state index >= 15 is 0 Å². The summed E-state index contributed by atoms with van der Waals surface area (Å²) in [5.74, 6) is 0.156. The lowest BCUT2D eigenvalue weighted by Gasteiger charge is -2.31. The summed E-state index contributed by atoms with van der Waals surface area (Å²) in [4.78, 5) is 38.0. The molecule has 0 spiro atoms. The van der Waals surface area contributed by atoms with Crippen LogP contribution >= 0.6 is 0 Å². The van der Waals surface area contributed by atoms with Crippen LogP contribution in [-0.4, -0.2) is 48.3 Å². The molecule has 140 valence electrons. The van der Waals surface area contributed by atoms with E-state index in [4.69, 9.17) is 0 Å². The van der Waals surface area contributed by atoms with Gasteiger partial charge < -0.3 is 15.5 Å². The van der Waals surface area contributed by atoms with E-state index in [1.807, 2.05) is 35.2 Å². The second kappa shape index (κ2) is 8.83. The number of nitrogens with one attached hydrogen (secondary N) is 2. The molecule has 6 nitrogen and oxygen atoms in total. The predicted molar refractivity (Wildman–Crippen MR) is 98.2 cm³/mol. The van der Waals surface area contributed by atoms with E-state index in [9.17, 15) is 14.4 Å². The third-order valence-electron chi connectivity index (χ3n) is 5.01. The van der Waals surface area contributed by atoms with E-state index in [-0.39, 0.29) is 23.6 Å². The van der Waals surface area contributed by atoms with Crippen LogP contribution < -0.4 is 10.6 Å². The molecule has 2 N–H and O–H groups in total. The van der Waals surface area contributed by atoms with Crippen molar-refractivity contribution >= 4 is 17.7 Å². The van der Waals surface area contributed by atoms with E-state index in [2.05, 4.69) is 10.6 Å². The molecule has 0 radical (unpaired) electrons. The second-order valence-corrected chi connectivity index (χ2v) is 7.20. The summed E-state index contributed by atoms with van der Waals surface area (Å²) in [7, 11) is 0. The maximum Gasteiger partial charge on any atom is 0.224 e. The van der Waals surface area contributed by atoms with Crippen molar-refractivity contribution in [3.63, 3.8) is 0 Å². The molecule has 1 aromatic carbocycles. The first kappa shape index (κ1) is 18.4. The van der Waals surface area contributed by atoms with Gasteiger partial charge in [-0.15, -0.1) is 0 Å². The monoisotopic (exact) mass is 357 g/mol. The number of benzene rings is 1. The van der Waals surface area contributed by atoms with Crippen molar-refractivity contribution in [1.82, 2.24) is 15.5 Å². The van der Waals surface area contributed by atoms with Crippen molar-refractivity contribution < 1.29 is 14.4 Å². The van der Waals surface area contributed by atoms with E-state index in [1.165, 1.54) is 0 Å². The Labute approximate surface area is 154 Å². The number of rotatable bonds is 7. The minimum Gasteiger partial charge on any atom is -0.355 e. The van der Waals surface area contributed by atoms with Gasteiger partial charge in [0.15, 0.2) is 0 Å². The lowest BCUT2D eigenvalue weighted by Crippen LogP contribution is -2.44. The molecular formula is C20H27N3O3. The number of carbonyl (C=O) groups excluding carboxylic acids is 3. The third kappa shape index (κ3) is 5.58. The molecule has 6 heteroatoms. The van der Waals surface area contributed by atoms with Gasteiger partial charge in [-0.05, 0) is 31.2 Å². The average molecular weight is 357 g/mol. The highest BCUT2D eigenvalue weighted by atomic mass is 16.2. The van der Waals surface area contributed by atoms with Crippen molar-refractivity contribution in [3.05, 3.63) is 35.9 Å². The molecule has 1 aliphatic carbocycles. The first-order chi connectivity index (χ1) is 12.6. The summed E-state index contributed by atoms with van der Waals surface area (Å²) in [6, 6.07) is 9.93. The highest BCUT2D eigenvalue weighted by molar-refractivity contribution is 5.81. The van der Waals surface area contributed by atoms with Crippen molar-refractivity contribution in [2.45, 2.75) is 44.6 Å². The van der Waals surface area contributed by atoms with Crippen LogP contribution in [0.25, 0.3) is 0 Å². The molecule has 1 heterocycles. The SMILES string of the molecule is O=C(Cc1ccccc1)NCCC(=O)N1CCC(C(=O)NC2CC2)CC1. The van der Waals surface area contributed by atoms with Gasteiger partial charge in [0.1, 0.15) is 0 Å². The second-order valence-electron chi connectivity index (χ2n) is 7.20. The van der Waals surface area contributed by atoms with Gasteiger partial charge in [-0.3, -0.25) is 14.4 Å². The molecule has 0 aromatic heterocycles. The largest absolute Gasteiger partial charge is 0.355 e. The number of hydrogen-bond acceptors (Lipinski definition) is 3. The fourth-order valence-electron chi connectivity index (χ4n) is 3.25. The van der Waals surface area contributed by atoms with E-state index in [0.717, 1.165) is 31.2 Å². The summed E-state index contributed by atoms with van der Waals surface area (Å²) in [5.41, 5.74) is 0.961. The molecule has 0 bridgehead atoms. The van der Waals surface area contributed by atoms with Gasteiger partial charge in [0.25, 0.3) is 0 Å². The van der Waals surface area contributed by atoms with Gasteiger partial charge in [-0.2, -0.15) is 0 Å². The first-order valence-electron chi connectivity index (χ1n) is 9.50. The molecule has 1 aromatic rings. The maximum atomic E-state index is 12.3. The fraction of sp³-hybridized carbons (Fsp3) is 0.550. The van der Waals surface area contributed by atoms with Gasteiger partial charge in [-0.1, -0.05) is 30.3 Å². The van der Waals surface area contributed by atoms with Gasteiger partial charge in [-0.25, -0.2) is 0 Å². The van der Waals surface area contributed by atoms with Crippen LogP contribution in [0.5, 0.6) is 0 Å². The van der Waals surface area contributed by atoms with Gasteiger partial charge in [0, 0.05) is 38.0 Å². The molecule has 26 heavy (non-hydrogen) atoms. The lowest BCUT2D eigenvalue weighted by atomic mass is 9.95. The van der Waals surface area contributed by atoms with Gasteiger partial charge >= 0.3 is 0 Å². The molecule has 1 saturated heterocycles. The van der Waals surface area contributed by atoms with E-state index < -0.39 is 0 Å². The Balaban J connectivity index is 1.31. The number of likely N-dealkylation sites (tertiary alicyclic amines) is 1. The fourth-order valence-corrected chi connectivity index (χ4v) is 3.25. The quantitative estimate of drug-likeness (QED) is 0.771. The Kier molecular flexibility index (Phi) is 6.26. The zero-order valence-corrected chi connectivity index (χ0v) is 15.1. The summed E-state index contributed by atoms with van der Waals surface area (Å²) in [6.45, 7) is 1.60. The zero-order chi connectivity index (χ0) is 18.4. The number of amides is 3. The highest BCUT2D eigenvalue weighted by Gasteiger charge is 2.30. The molecule has 3 rings (SSSR count). The zero-order valence-electron chi connectivity index (χ0n) is 15.1. The number of piperidine rings is 1. The van der Waals surface area contributed by atoms with Crippen LogP contribution in [-0.2, 0) is 20.8 Å². The topological polar surface area (TPSA) is 78.5 Å². The first-order valence-corrected chi connectivity index (χ1v) is 9.50. The molecule has 2 fully saturated rings. The third-order valence-corrected chi connectivity index (χ3v) is 5.01. The summed E-state index contributed by atoms with van der Waals surface area (Å²) in [5, 5.41) is 5.85. The van der Waals surface area contributed by atoms with Crippen LogP contribution in [0.1, 0.15) is 37.7 Å². The number of hydrogen-bond donors (Lipinski definition) is 2. The summed E-state index contributed by atoms with van der Waals surface area (Å²) >= 11 is 0. The minimum atomic E-state index is -0.0699. The standard InChI is InChI=1S/C20H27N3O3/c24-18(14-15-4-2-1-3-5-15)21-11-8-19(25)23-12-9-16(10-13-23)20(26)22-17-6-7-17/h1-5,16-17H,6-14H2,(H,21,24)(H,22,26). The Morgan fingerprint density at radius 2 is 1.69 bits per heavy atom. The van der Waals surface area contributed by atoms with Crippen LogP contribution in [0.2, 0.25) is 0 Å².